The lowest BCUT2D eigenvalue weighted by atomic mass is 9.97. The first-order valence-electron chi connectivity index (χ1n) is 6.59. The number of hydrogen-bond donors (Lipinski definition) is 2. The number of hydrogen-bond acceptors (Lipinski definition) is 3. The van der Waals surface area contributed by atoms with E-state index >= 15 is 0 Å². The van der Waals surface area contributed by atoms with Crippen LogP contribution in [0.25, 0.3) is 0 Å². The van der Waals surface area contributed by atoms with Crippen molar-refractivity contribution in [1.29, 1.82) is 0 Å². The highest BCUT2D eigenvalue weighted by Gasteiger charge is 2.16. The predicted octanol–water partition coefficient (Wildman–Crippen LogP) is 3.54. The van der Waals surface area contributed by atoms with Crippen LogP contribution in [0.1, 0.15) is 22.7 Å². The predicted molar refractivity (Wildman–Crippen MR) is 82.9 cm³/mol. The molecule has 2 aromatic rings. The van der Waals surface area contributed by atoms with E-state index in [1.54, 1.807) is 19.2 Å². The normalized spacial score (nSPS) is 12.2. The van der Waals surface area contributed by atoms with Crippen LogP contribution in [0.3, 0.4) is 0 Å². The number of methoxy groups -OCH3 is 1. The molecular formula is C16H18ClFN2O. The van der Waals surface area contributed by atoms with E-state index < -0.39 is 5.82 Å². The molecule has 0 aliphatic carbocycles. The molecule has 1 unspecified atom stereocenters. The van der Waals surface area contributed by atoms with Crippen LogP contribution in [0.4, 0.5) is 4.39 Å². The minimum Gasteiger partial charge on any atom is -0.496 e. The van der Waals surface area contributed by atoms with Crippen LogP contribution < -0.4 is 16.0 Å². The average molecular weight is 309 g/mol. The first-order chi connectivity index (χ1) is 10.0. The topological polar surface area (TPSA) is 47.3 Å². The third kappa shape index (κ3) is 3.73. The van der Waals surface area contributed by atoms with E-state index in [0.717, 1.165) is 22.4 Å². The molecule has 0 amide bonds. The third-order valence-electron chi connectivity index (χ3n) is 3.39. The smallest absolute Gasteiger partial charge is 0.141 e. The van der Waals surface area contributed by atoms with Crippen molar-refractivity contribution in [3.05, 3.63) is 63.9 Å². The summed E-state index contributed by atoms with van der Waals surface area (Å²) in [5.41, 5.74) is 5.76. The van der Waals surface area contributed by atoms with Crippen LogP contribution >= 0.6 is 11.6 Å². The van der Waals surface area contributed by atoms with Gasteiger partial charge in [-0.25, -0.2) is 4.39 Å². The Balaban J connectivity index is 2.31. The van der Waals surface area contributed by atoms with Crippen molar-refractivity contribution in [3.8, 4) is 5.75 Å². The van der Waals surface area contributed by atoms with Crippen molar-refractivity contribution in [3.63, 3.8) is 0 Å². The molecule has 0 heterocycles. The molecule has 5 heteroatoms. The molecule has 0 radical (unpaired) electrons. The summed E-state index contributed by atoms with van der Waals surface area (Å²) < 4.78 is 18.6. The molecule has 2 aromatic carbocycles. The van der Waals surface area contributed by atoms with E-state index in [2.05, 4.69) is 5.43 Å². The summed E-state index contributed by atoms with van der Waals surface area (Å²) in [6.07, 6.45) is 0.580. The zero-order valence-corrected chi connectivity index (χ0v) is 12.7. The largest absolute Gasteiger partial charge is 0.496 e. The highest BCUT2D eigenvalue weighted by atomic mass is 35.5. The molecular weight excluding hydrogens is 291 g/mol. The first kappa shape index (κ1) is 15.8. The maximum Gasteiger partial charge on any atom is 0.141 e. The van der Waals surface area contributed by atoms with Crippen molar-refractivity contribution < 1.29 is 9.13 Å². The summed E-state index contributed by atoms with van der Waals surface area (Å²) >= 11 is 5.82. The number of aryl methyl sites for hydroxylation is 1. The van der Waals surface area contributed by atoms with Gasteiger partial charge in [0.05, 0.1) is 18.2 Å². The van der Waals surface area contributed by atoms with Crippen LogP contribution in [0, 0.1) is 12.7 Å². The fourth-order valence-electron chi connectivity index (χ4n) is 2.29. The van der Waals surface area contributed by atoms with Gasteiger partial charge in [0.1, 0.15) is 11.6 Å². The van der Waals surface area contributed by atoms with Crippen LogP contribution in [-0.4, -0.2) is 7.11 Å². The summed E-state index contributed by atoms with van der Waals surface area (Å²) in [5, 5.41) is 0.111. The molecule has 0 fully saturated rings. The van der Waals surface area contributed by atoms with Crippen molar-refractivity contribution in [1.82, 2.24) is 5.43 Å². The lowest BCUT2D eigenvalue weighted by molar-refractivity contribution is 0.399. The zero-order chi connectivity index (χ0) is 15.4. The number of nitrogens with two attached hydrogens (primary N) is 1. The number of benzene rings is 2. The van der Waals surface area contributed by atoms with Crippen LogP contribution in [0.5, 0.6) is 5.75 Å². The Kier molecular flexibility index (Phi) is 5.17. The van der Waals surface area contributed by atoms with Crippen LogP contribution in [-0.2, 0) is 6.42 Å². The van der Waals surface area contributed by atoms with E-state index in [1.807, 2.05) is 25.1 Å². The Labute approximate surface area is 128 Å². The highest BCUT2D eigenvalue weighted by Crippen LogP contribution is 2.29. The van der Waals surface area contributed by atoms with E-state index in [9.17, 15) is 4.39 Å². The van der Waals surface area contributed by atoms with Gasteiger partial charge in [-0.15, -0.1) is 0 Å². The van der Waals surface area contributed by atoms with Crippen molar-refractivity contribution in [2.75, 3.05) is 7.11 Å². The van der Waals surface area contributed by atoms with Crippen molar-refractivity contribution in [2.24, 2.45) is 5.84 Å². The summed E-state index contributed by atoms with van der Waals surface area (Å²) in [5.74, 6) is 6.02. The number of hydrazine groups is 1. The molecule has 0 saturated heterocycles. The summed E-state index contributed by atoms with van der Waals surface area (Å²) in [7, 11) is 1.62. The molecule has 0 saturated carbocycles. The van der Waals surface area contributed by atoms with Crippen LogP contribution in [0.2, 0.25) is 5.02 Å². The standard InChI is InChI=1S/C16H18ClFN2O/c1-10-3-6-16(21-2)12(7-10)15(20-19)9-11-4-5-14(18)13(17)8-11/h3-8,15,20H,9,19H2,1-2H3. The lowest BCUT2D eigenvalue weighted by Crippen LogP contribution is -2.30. The summed E-state index contributed by atoms with van der Waals surface area (Å²) in [4.78, 5) is 0. The van der Waals surface area contributed by atoms with Gasteiger partial charge in [0, 0.05) is 5.56 Å². The second-order valence-corrected chi connectivity index (χ2v) is 5.32. The number of ether oxygens (including phenoxy) is 1. The van der Waals surface area contributed by atoms with E-state index in [0.29, 0.717) is 6.42 Å². The minimum absolute atomic E-state index is 0.111. The van der Waals surface area contributed by atoms with Gasteiger partial charge in [-0.05, 0) is 37.1 Å². The Hall–Kier alpha value is -1.62. The van der Waals surface area contributed by atoms with Gasteiger partial charge in [0.25, 0.3) is 0 Å². The first-order valence-corrected chi connectivity index (χ1v) is 6.97. The van der Waals surface area contributed by atoms with Gasteiger partial charge < -0.3 is 4.74 Å². The fraction of sp³-hybridized carbons (Fsp3) is 0.250. The van der Waals surface area contributed by atoms with Gasteiger partial charge >= 0.3 is 0 Å². The number of nitrogens with one attached hydrogen (secondary N) is 1. The monoisotopic (exact) mass is 308 g/mol. The molecule has 0 aromatic heterocycles. The molecule has 3 nitrogen and oxygen atoms in total. The average Bonchev–Trinajstić information content (AvgIpc) is 2.48. The molecule has 0 spiro atoms. The molecule has 21 heavy (non-hydrogen) atoms. The molecule has 3 N–H and O–H groups in total. The van der Waals surface area contributed by atoms with E-state index in [-0.39, 0.29) is 11.1 Å². The molecule has 0 bridgehead atoms. The van der Waals surface area contributed by atoms with Crippen LogP contribution in [0.15, 0.2) is 36.4 Å². The van der Waals surface area contributed by atoms with Gasteiger partial charge in [-0.1, -0.05) is 35.4 Å². The molecule has 0 aliphatic heterocycles. The molecule has 0 aliphatic rings. The summed E-state index contributed by atoms with van der Waals surface area (Å²) in [6.45, 7) is 2.01. The summed E-state index contributed by atoms with van der Waals surface area (Å²) in [6, 6.07) is 10.4. The van der Waals surface area contributed by atoms with Gasteiger partial charge in [-0.2, -0.15) is 0 Å². The van der Waals surface area contributed by atoms with E-state index in [4.69, 9.17) is 22.2 Å². The Morgan fingerprint density at radius 1 is 1.29 bits per heavy atom. The maximum absolute atomic E-state index is 13.2. The second kappa shape index (κ2) is 6.89. The molecule has 1 atom stereocenters. The Morgan fingerprint density at radius 3 is 2.67 bits per heavy atom. The van der Waals surface area contributed by atoms with Gasteiger partial charge in [0.2, 0.25) is 0 Å². The SMILES string of the molecule is COc1ccc(C)cc1C(Cc1ccc(F)c(Cl)c1)NN. The second-order valence-electron chi connectivity index (χ2n) is 4.92. The number of halogens is 2. The van der Waals surface area contributed by atoms with Gasteiger partial charge in [-0.3, -0.25) is 11.3 Å². The van der Waals surface area contributed by atoms with Gasteiger partial charge in [0.15, 0.2) is 0 Å². The minimum atomic E-state index is -0.425. The van der Waals surface area contributed by atoms with Crippen molar-refractivity contribution >= 4 is 11.6 Å². The molecule has 112 valence electrons. The Morgan fingerprint density at radius 2 is 2.05 bits per heavy atom. The number of rotatable bonds is 5. The highest BCUT2D eigenvalue weighted by molar-refractivity contribution is 6.30. The molecule has 2 rings (SSSR count). The van der Waals surface area contributed by atoms with E-state index in [1.165, 1.54) is 6.07 Å². The zero-order valence-electron chi connectivity index (χ0n) is 12.0. The maximum atomic E-state index is 13.2. The van der Waals surface area contributed by atoms with Crippen molar-refractivity contribution in [2.45, 2.75) is 19.4 Å². The third-order valence-corrected chi connectivity index (χ3v) is 3.68. The quantitative estimate of drug-likeness (QED) is 0.656. The fourth-order valence-corrected chi connectivity index (χ4v) is 2.49. The lowest BCUT2D eigenvalue weighted by Gasteiger charge is -2.20. The Bertz CT molecular complexity index is 634.